The van der Waals surface area contributed by atoms with Crippen LogP contribution in [0.1, 0.15) is 47.2 Å². The number of hydrogen-bond acceptors (Lipinski definition) is 7. The second-order valence-corrected chi connectivity index (χ2v) is 12.6. The van der Waals surface area contributed by atoms with Crippen molar-refractivity contribution >= 4 is 35.0 Å². The van der Waals surface area contributed by atoms with Crippen molar-refractivity contribution in [2.75, 3.05) is 54.1 Å². The molecule has 2 atom stereocenters. The number of carbonyl (C=O) groups excluding carboxylic acids is 2. The summed E-state index contributed by atoms with van der Waals surface area (Å²) in [7, 11) is 4.51. The van der Waals surface area contributed by atoms with Crippen LogP contribution in [-0.2, 0) is 15.6 Å². The molecule has 2 amide bonds. The van der Waals surface area contributed by atoms with E-state index in [1.54, 1.807) is 23.1 Å². The normalized spacial score (nSPS) is 20.0. The molecule has 0 aliphatic carbocycles. The molecule has 2 heterocycles. The lowest BCUT2D eigenvalue weighted by Crippen LogP contribution is -3.12. The number of nitrogens with one attached hydrogen (secondary N) is 2. The van der Waals surface area contributed by atoms with Gasteiger partial charge in [0.05, 0.1) is 37.9 Å². The fourth-order valence-corrected chi connectivity index (χ4v) is 7.13. The number of hydroxylamine groups is 2. The van der Waals surface area contributed by atoms with Crippen molar-refractivity contribution in [1.82, 2.24) is 10.2 Å². The summed E-state index contributed by atoms with van der Waals surface area (Å²) in [5.74, 6) is 0.599. The monoisotopic (exact) mass is 655 g/mol. The van der Waals surface area contributed by atoms with Crippen LogP contribution in [0.2, 0.25) is 10.0 Å². The van der Waals surface area contributed by atoms with Crippen molar-refractivity contribution in [1.29, 1.82) is 0 Å². The molecule has 3 aromatic rings. The second-order valence-electron chi connectivity index (χ2n) is 11.8. The average Bonchev–Trinajstić information content (AvgIpc) is 3.53. The van der Waals surface area contributed by atoms with Gasteiger partial charge >= 0.3 is 5.91 Å². The highest BCUT2D eigenvalue weighted by molar-refractivity contribution is 6.42. The minimum Gasteiger partial charge on any atom is -0.627 e. The van der Waals surface area contributed by atoms with E-state index >= 15 is 0 Å². The first-order valence-electron chi connectivity index (χ1n) is 15.1. The minimum absolute atomic E-state index is 0.0489. The van der Waals surface area contributed by atoms with Gasteiger partial charge in [0.2, 0.25) is 5.75 Å². The van der Waals surface area contributed by atoms with Crippen molar-refractivity contribution < 1.29 is 28.9 Å². The summed E-state index contributed by atoms with van der Waals surface area (Å²) in [4.78, 5) is 29.6. The Labute approximate surface area is 273 Å². The van der Waals surface area contributed by atoms with Gasteiger partial charge in [-0.25, -0.2) is 4.79 Å². The molecule has 2 aliphatic rings. The van der Waals surface area contributed by atoms with E-state index in [-0.39, 0.29) is 18.4 Å². The van der Waals surface area contributed by atoms with Crippen molar-refractivity contribution in [3.05, 3.63) is 92.6 Å². The van der Waals surface area contributed by atoms with Crippen LogP contribution >= 0.6 is 23.2 Å². The molecular weight excluding hydrogens is 617 g/mol. The highest BCUT2D eigenvalue weighted by atomic mass is 35.5. The number of piperidine rings is 1. The Balaban J connectivity index is 1.42. The van der Waals surface area contributed by atoms with Gasteiger partial charge in [0.15, 0.2) is 11.5 Å². The molecule has 0 aromatic heterocycles. The molecule has 2 N–H and O–H groups in total. The van der Waals surface area contributed by atoms with Crippen LogP contribution in [-0.4, -0.2) is 70.8 Å². The number of halogens is 2. The maximum Gasteiger partial charge on any atom is 0.322 e. The lowest BCUT2D eigenvalue weighted by atomic mass is 9.72. The Kier molecular flexibility index (Phi) is 10.3. The molecule has 11 heteroatoms. The van der Waals surface area contributed by atoms with E-state index in [4.69, 9.17) is 37.4 Å². The van der Waals surface area contributed by atoms with Crippen molar-refractivity contribution in [3.63, 3.8) is 0 Å². The number of likely N-dealkylation sites (tertiary alicyclic amines) is 1. The number of hydrogen-bond donors (Lipinski definition) is 2. The van der Waals surface area contributed by atoms with Crippen molar-refractivity contribution in [2.45, 2.75) is 36.5 Å². The van der Waals surface area contributed by atoms with Crippen LogP contribution in [0.15, 0.2) is 60.7 Å². The van der Waals surface area contributed by atoms with Gasteiger partial charge in [0, 0.05) is 30.5 Å². The average molecular weight is 657 g/mol. The van der Waals surface area contributed by atoms with Crippen LogP contribution in [0.4, 0.5) is 0 Å². The molecule has 2 unspecified atom stereocenters. The quantitative estimate of drug-likeness (QED) is 0.312. The smallest absolute Gasteiger partial charge is 0.322 e. The number of benzene rings is 3. The maximum atomic E-state index is 14.0. The number of carbonyl (C=O) groups is 2. The third-order valence-electron chi connectivity index (χ3n) is 9.39. The third kappa shape index (κ3) is 6.50. The van der Waals surface area contributed by atoms with Gasteiger partial charge in [-0.05, 0) is 67.7 Å². The van der Waals surface area contributed by atoms with E-state index in [0.29, 0.717) is 84.7 Å². The predicted molar refractivity (Wildman–Crippen MR) is 174 cm³/mol. The van der Waals surface area contributed by atoms with Gasteiger partial charge in [-0.3, -0.25) is 4.79 Å². The fraction of sp³-hybridized carbons (Fsp3) is 0.412. The summed E-state index contributed by atoms with van der Waals surface area (Å²) >= 11 is 12.7. The largest absolute Gasteiger partial charge is 0.627 e. The number of amides is 2. The van der Waals surface area contributed by atoms with Gasteiger partial charge in [-0.15, -0.1) is 0 Å². The fourth-order valence-electron chi connectivity index (χ4n) is 6.83. The SMILES string of the molecule is COc1cc(C(=O)N2CCC(CC[NH+]([O-])C(=O)C3(c4ccccc4)CCNCC3)(c3ccc(Cl)c(Cl)c3)C2)cc(OC)c1OC. The van der Waals surface area contributed by atoms with Crippen LogP contribution in [0.25, 0.3) is 0 Å². The molecule has 2 saturated heterocycles. The molecule has 3 aromatic carbocycles. The first-order chi connectivity index (χ1) is 21.7. The van der Waals surface area contributed by atoms with E-state index in [1.807, 2.05) is 42.5 Å². The Morgan fingerprint density at radius 2 is 1.56 bits per heavy atom. The van der Waals surface area contributed by atoms with Crippen molar-refractivity contribution in [2.24, 2.45) is 0 Å². The van der Waals surface area contributed by atoms with Crippen LogP contribution in [0, 0.1) is 5.21 Å². The van der Waals surface area contributed by atoms with Crippen molar-refractivity contribution in [3.8, 4) is 17.2 Å². The van der Waals surface area contributed by atoms with Gasteiger partial charge < -0.3 is 34.7 Å². The minimum atomic E-state index is -0.843. The highest BCUT2D eigenvalue weighted by Gasteiger charge is 2.47. The molecule has 9 nitrogen and oxygen atoms in total. The lowest BCUT2D eigenvalue weighted by Gasteiger charge is -2.39. The van der Waals surface area contributed by atoms with Gasteiger partial charge in [-0.2, -0.15) is 0 Å². The van der Waals surface area contributed by atoms with E-state index < -0.39 is 15.9 Å². The number of methoxy groups -OCH3 is 3. The molecule has 0 bridgehead atoms. The summed E-state index contributed by atoms with van der Waals surface area (Å²) in [5, 5.41) is 17.5. The van der Waals surface area contributed by atoms with E-state index in [9.17, 15) is 14.8 Å². The van der Waals surface area contributed by atoms with Gasteiger partial charge in [0.1, 0.15) is 5.41 Å². The first-order valence-corrected chi connectivity index (χ1v) is 15.8. The Bertz CT molecular complexity index is 1510. The summed E-state index contributed by atoms with van der Waals surface area (Å²) < 4.78 is 16.4. The molecule has 240 valence electrons. The summed E-state index contributed by atoms with van der Waals surface area (Å²) in [6.07, 6.45) is 2.08. The topological polar surface area (TPSA) is 105 Å². The molecule has 45 heavy (non-hydrogen) atoms. The summed E-state index contributed by atoms with van der Waals surface area (Å²) in [6.45, 7) is 2.15. The van der Waals surface area contributed by atoms with Crippen LogP contribution < -0.4 is 24.6 Å². The number of ether oxygens (including phenoxy) is 3. The number of quaternary nitrogens is 1. The molecule has 2 aliphatic heterocycles. The number of nitrogens with zero attached hydrogens (tertiary/aromatic N) is 1. The predicted octanol–water partition coefficient (Wildman–Crippen LogP) is 4.42. The zero-order valence-electron chi connectivity index (χ0n) is 25.8. The summed E-state index contributed by atoms with van der Waals surface area (Å²) in [5.41, 5.74) is 0.680. The zero-order chi connectivity index (χ0) is 32.2. The Morgan fingerprint density at radius 1 is 0.889 bits per heavy atom. The van der Waals surface area contributed by atoms with Gasteiger partial charge in [-0.1, -0.05) is 59.6 Å². The number of rotatable bonds is 10. The molecular formula is C34H39Cl2N3O6. The zero-order valence-corrected chi connectivity index (χ0v) is 27.3. The third-order valence-corrected chi connectivity index (χ3v) is 10.1. The Morgan fingerprint density at radius 3 is 2.16 bits per heavy atom. The molecule has 5 rings (SSSR count). The standard InChI is InChI=1S/C34H39Cl2N3O6/c1-43-28-19-23(20-29(44-2)30(28)45-3)31(40)38-17-13-33(22-38,25-9-10-26(35)27(36)21-25)14-18-39(42)32(41)34(11-15-37-16-12-34)24-7-5-4-6-8-24/h4-10,19-21,37,39H,11-18,22H2,1-3H3. The van der Waals surface area contributed by atoms with Crippen LogP contribution in [0.5, 0.6) is 17.2 Å². The van der Waals surface area contributed by atoms with Gasteiger partial charge in [0.25, 0.3) is 5.91 Å². The molecule has 0 spiro atoms. The van der Waals surface area contributed by atoms with E-state index in [2.05, 4.69) is 5.32 Å². The van der Waals surface area contributed by atoms with E-state index in [1.165, 1.54) is 21.3 Å². The Hall–Kier alpha value is -3.34. The van der Waals surface area contributed by atoms with E-state index in [0.717, 1.165) is 11.1 Å². The molecule has 2 fully saturated rings. The second kappa shape index (κ2) is 14.0. The molecule has 0 radical (unpaired) electrons. The maximum absolute atomic E-state index is 14.0. The highest BCUT2D eigenvalue weighted by Crippen LogP contribution is 2.42. The summed E-state index contributed by atoms with van der Waals surface area (Å²) in [6, 6.07) is 18.3. The lowest BCUT2D eigenvalue weighted by molar-refractivity contribution is -0.769. The first kappa shape index (κ1) is 33.0. The molecule has 0 saturated carbocycles. The van der Waals surface area contributed by atoms with Crippen LogP contribution in [0.3, 0.4) is 0 Å².